The van der Waals surface area contributed by atoms with Crippen LogP contribution in [0.15, 0.2) is 36.8 Å². The molecule has 3 aromatic rings. The van der Waals surface area contributed by atoms with Gasteiger partial charge in [0.05, 0.1) is 5.92 Å². The molecule has 2 aromatic heterocycles. The molecule has 1 aromatic carbocycles. The smallest absolute Gasteiger partial charge is 0.270 e. The average Bonchev–Trinajstić information content (AvgIpc) is 3.42. The van der Waals surface area contributed by atoms with Crippen molar-refractivity contribution in [1.29, 1.82) is 0 Å². The number of nitrogens with zero attached hydrogens (tertiary/aromatic N) is 3. The topological polar surface area (TPSA) is 91.0 Å². The van der Waals surface area contributed by atoms with Crippen LogP contribution in [0.1, 0.15) is 22.6 Å². The fourth-order valence-electron chi connectivity index (χ4n) is 3.53. The summed E-state index contributed by atoms with van der Waals surface area (Å²) in [5.41, 5.74) is 2.43. The molecule has 0 bridgehead atoms. The second-order valence-corrected chi connectivity index (χ2v) is 7.29. The third-order valence-electron chi connectivity index (χ3n) is 5.22. The molecule has 1 saturated heterocycles. The van der Waals surface area contributed by atoms with Gasteiger partial charge in [-0.15, -0.1) is 0 Å². The molecule has 2 amide bonds. The summed E-state index contributed by atoms with van der Waals surface area (Å²) in [6, 6.07) is 4.84. The molecule has 0 saturated carbocycles. The lowest BCUT2D eigenvalue weighted by atomic mass is 10.1. The highest BCUT2D eigenvalue weighted by atomic mass is 19.2. The van der Waals surface area contributed by atoms with Crippen molar-refractivity contribution in [2.75, 3.05) is 18.4 Å². The van der Waals surface area contributed by atoms with E-state index < -0.39 is 29.3 Å². The van der Waals surface area contributed by atoms with Crippen molar-refractivity contribution in [3.05, 3.63) is 65.6 Å². The van der Waals surface area contributed by atoms with Gasteiger partial charge in [-0.3, -0.25) is 9.59 Å². The normalized spacial score (nSPS) is 15.9. The standard InChI is InChI=1S/C21H18F3N5O2/c1-11-14(8-25-10-26-11)17-2-3-18(28-17)21(31)29-5-4-12(9-29)20(30)27-13-6-15(22)19(24)16(23)7-13/h2-3,6-8,10,12,28H,4-5,9H2,1H3,(H,27,30)/t12-/m0/s1. The molecule has 31 heavy (non-hydrogen) atoms. The number of hydrogen-bond acceptors (Lipinski definition) is 4. The summed E-state index contributed by atoms with van der Waals surface area (Å²) in [4.78, 5) is 38.0. The van der Waals surface area contributed by atoms with E-state index >= 15 is 0 Å². The number of carbonyl (C=O) groups is 2. The van der Waals surface area contributed by atoms with Crippen molar-refractivity contribution in [1.82, 2.24) is 19.9 Å². The highest BCUT2D eigenvalue weighted by Crippen LogP contribution is 2.24. The van der Waals surface area contributed by atoms with Gasteiger partial charge >= 0.3 is 0 Å². The predicted molar refractivity (Wildman–Crippen MR) is 106 cm³/mol. The second kappa shape index (κ2) is 8.21. The van der Waals surface area contributed by atoms with Gasteiger partial charge < -0.3 is 15.2 Å². The molecule has 0 unspecified atom stereocenters. The second-order valence-electron chi connectivity index (χ2n) is 7.29. The fraction of sp³-hybridized carbons (Fsp3) is 0.238. The van der Waals surface area contributed by atoms with Gasteiger partial charge in [0.2, 0.25) is 5.91 Å². The van der Waals surface area contributed by atoms with E-state index in [1.165, 1.54) is 11.2 Å². The molecule has 1 aliphatic heterocycles. The lowest BCUT2D eigenvalue weighted by molar-refractivity contribution is -0.119. The number of hydrogen-bond donors (Lipinski definition) is 2. The fourth-order valence-corrected chi connectivity index (χ4v) is 3.53. The molecule has 1 fully saturated rings. The number of halogens is 3. The third-order valence-corrected chi connectivity index (χ3v) is 5.22. The lowest BCUT2D eigenvalue weighted by Crippen LogP contribution is -2.31. The van der Waals surface area contributed by atoms with E-state index in [0.717, 1.165) is 11.3 Å². The Hall–Kier alpha value is -3.69. The van der Waals surface area contributed by atoms with Gasteiger partial charge in [-0.2, -0.15) is 0 Å². The van der Waals surface area contributed by atoms with Crippen molar-refractivity contribution in [3.8, 4) is 11.3 Å². The van der Waals surface area contributed by atoms with Crippen LogP contribution < -0.4 is 5.32 Å². The number of rotatable bonds is 4. The SMILES string of the molecule is Cc1ncncc1-c1ccc(C(=O)N2CC[C@H](C(=O)Nc3cc(F)c(F)c(F)c3)C2)[nH]1. The Labute approximate surface area is 175 Å². The largest absolute Gasteiger partial charge is 0.350 e. The minimum absolute atomic E-state index is 0.151. The van der Waals surface area contributed by atoms with Gasteiger partial charge in [-0.05, 0) is 25.5 Å². The Morgan fingerprint density at radius 3 is 2.65 bits per heavy atom. The summed E-state index contributed by atoms with van der Waals surface area (Å²) in [7, 11) is 0. The Morgan fingerprint density at radius 1 is 1.19 bits per heavy atom. The van der Waals surface area contributed by atoms with Crippen LogP contribution in [0.25, 0.3) is 11.3 Å². The molecule has 0 radical (unpaired) electrons. The molecular weight excluding hydrogens is 411 g/mol. The minimum Gasteiger partial charge on any atom is -0.350 e. The summed E-state index contributed by atoms with van der Waals surface area (Å²) in [6.07, 6.45) is 3.49. The molecule has 4 rings (SSSR count). The number of likely N-dealkylation sites (tertiary alicyclic amines) is 1. The Balaban J connectivity index is 1.41. The number of carbonyl (C=O) groups excluding carboxylic acids is 2. The van der Waals surface area contributed by atoms with Crippen LogP contribution in [0.5, 0.6) is 0 Å². The maximum Gasteiger partial charge on any atom is 0.270 e. The maximum absolute atomic E-state index is 13.3. The number of aromatic amines is 1. The molecule has 160 valence electrons. The number of amides is 2. The van der Waals surface area contributed by atoms with Crippen LogP contribution in [0.2, 0.25) is 0 Å². The van der Waals surface area contributed by atoms with Gasteiger partial charge in [0.25, 0.3) is 5.91 Å². The molecule has 2 N–H and O–H groups in total. The van der Waals surface area contributed by atoms with Crippen LogP contribution in [0.4, 0.5) is 18.9 Å². The van der Waals surface area contributed by atoms with E-state index in [0.29, 0.717) is 36.5 Å². The van der Waals surface area contributed by atoms with Crippen LogP contribution in [-0.4, -0.2) is 44.8 Å². The molecule has 10 heteroatoms. The van der Waals surface area contributed by atoms with Crippen LogP contribution >= 0.6 is 0 Å². The summed E-state index contributed by atoms with van der Waals surface area (Å²) in [6.45, 7) is 2.34. The van der Waals surface area contributed by atoms with Gasteiger partial charge in [0.1, 0.15) is 12.0 Å². The van der Waals surface area contributed by atoms with E-state index in [-0.39, 0.29) is 18.1 Å². The van der Waals surface area contributed by atoms with Crippen LogP contribution in [0, 0.1) is 30.3 Å². The zero-order valence-corrected chi connectivity index (χ0v) is 16.5. The van der Waals surface area contributed by atoms with E-state index in [9.17, 15) is 22.8 Å². The van der Waals surface area contributed by atoms with Crippen molar-refractivity contribution in [2.45, 2.75) is 13.3 Å². The van der Waals surface area contributed by atoms with E-state index in [1.807, 2.05) is 6.92 Å². The van der Waals surface area contributed by atoms with Gasteiger partial charge in [-0.25, -0.2) is 23.1 Å². The third kappa shape index (κ3) is 4.14. The predicted octanol–water partition coefficient (Wildman–Crippen LogP) is 3.30. The van der Waals surface area contributed by atoms with Gasteiger partial charge in [-0.1, -0.05) is 0 Å². The first-order valence-electron chi connectivity index (χ1n) is 9.54. The molecule has 3 heterocycles. The summed E-state index contributed by atoms with van der Waals surface area (Å²) in [5.74, 6) is -5.70. The summed E-state index contributed by atoms with van der Waals surface area (Å²) in [5, 5.41) is 2.38. The highest BCUT2D eigenvalue weighted by molar-refractivity contribution is 5.96. The lowest BCUT2D eigenvalue weighted by Gasteiger charge is -2.16. The minimum atomic E-state index is -1.60. The number of H-pyrrole nitrogens is 1. The van der Waals surface area contributed by atoms with Gasteiger partial charge in [0, 0.05) is 54.1 Å². The Bertz CT molecular complexity index is 1140. The highest BCUT2D eigenvalue weighted by Gasteiger charge is 2.32. The van der Waals surface area contributed by atoms with Crippen molar-refractivity contribution < 1.29 is 22.8 Å². The molecule has 7 nitrogen and oxygen atoms in total. The number of benzene rings is 1. The first kappa shape index (κ1) is 20.6. The summed E-state index contributed by atoms with van der Waals surface area (Å²) < 4.78 is 39.8. The quantitative estimate of drug-likeness (QED) is 0.623. The summed E-state index contributed by atoms with van der Waals surface area (Å²) >= 11 is 0. The van der Waals surface area contributed by atoms with E-state index in [4.69, 9.17) is 0 Å². The number of anilines is 1. The molecular formula is C21H18F3N5O2. The van der Waals surface area contributed by atoms with Gasteiger partial charge in [0.15, 0.2) is 17.5 Å². The first-order chi connectivity index (χ1) is 14.8. The molecule has 1 aliphatic rings. The molecule has 0 aliphatic carbocycles. The van der Waals surface area contributed by atoms with Crippen LogP contribution in [-0.2, 0) is 4.79 Å². The van der Waals surface area contributed by atoms with Crippen molar-refractivity contribution >= 4 is 17.5 Å². The number of nitrogens with one attached hydrogen (secondary N) is 2. The van der Waals surface area contributed by atoms with E-state index in [2.05, 4.69) is 20.3 Å². The van der Waals surface area contributed by atoms with E-state index in [1.54, 1.807) is 18.3 Å². The number of aryl methyl sites for hydroxylation is 1. The van der Waals surface area contributed by atoms with Crippen molar-refractivity contribution in [3.63, 3.8) is 0 Å². The monoisotopic (exact) mass is 429 g/mol. The van der Waals surface area contributed by atoms with Crippen molar-refractivity contribution in [2.24, 2.45) is 5.92 Å². The van der Waals surface area contributed by atoms with Crippen LogP contribution in [0.3, 0.4) is 0 Å². The molecule has 1 atom stereocenters. The molecule has 0 spiro atoms. The Morgan fingerprint density at radius 2 is 1.94 bits per heavy atom. The Kier molecular flexibility index (Phi) is 5.45. The zero-order chi connectivity index (χ0) is 22.1. The first-order valence-corrected chi connectivity index (χ1v) is 9.54. The maximum atomic E-state index is 13.3. The zero-order valence-electron chi connectivity index (χ0n) is 16.5. The number of aromatic nitrogens is 3. The average molecular weight is 429 g/mol.